The van der Waals surface area contributed by atoms with Crippen molar-refractivity contribution < 1.29 is 14.7 Å². The van der Waals surface area contributed by atoms with Crippen LogP contribution < -0.4 is 10.6 Å². The lowest BCUT2D eigenvalue weighted by Crippen LogP contribution is -2.30. The zero-order chi connectivity index (χ0) is 22.4. The van der Waals surface area contributed by atoms with Gasteiger partial charge in [0, 0.05) is 34.9 Å². The van der Waals surface area contributed by atoms with Crippen LogP contribution in [0.15, 0.2) is 48.5 Å². The number of benzene rings is 2. The molecule has 0 spiro atoms. The molecule has 1 heterocycles. The number of amides is 2. The fourth-order valence-electron chi connectivity index (χ4n) is 3.25. The average Bonchev–Trinajstić information content (AvgIpc) is 3.02. The van der Waals surface area contributed by atoms with Crippen LogP contribution in [0.4, 0.5) is 0 Å². The quantitative estimate of drug-likeness (QED) is 0.468. The van der Waals surface area contributed by atoms with E-state index in [2.05, 4.69) is 15.7 Å². The van der Waals surface area contributed by atoms with Gasteiger partial charge in [-0.2, -0.15) is 5.10 Å². The summed E-state index contributed by atoms with van der Waals surface area (Å²) >= 11 is 5.95. The Labute approximate surface area is 186 Å². The van der Waals surface area contributed by atoms with E-state index in [0.29, 0.717) is 30.1 Å². The zero-order valence-corrected chi connectivity index (χ0v) is 18.2. The smallest absolute Gasteiger partial charge is 0.251 e. The maximum atomic E-state index is 12.4. The lowest BCUT2D eigenvalue weighted by molar-refractivity contribution is -0.120. The molecule has 1 aromatic heterocycles. The molecule has 0 aliphatic rings. The number of aromatic hydroxyl groups is 1. The number of aryl methyl sites for hydroxylation is 1. The molecule has 2 aromatic carbocycles. The molecule has 7 nitrogen and oxygen atoms in total. The maximum absolute atomic E-state index is 12.4. The lowest BCUT2D eigenvalue weighted by atomic mass is 10.1. The first-order valence-corrected chi connectivity index (χ1v) is 10.4. The number of nitrogens with zero attached hydrogens (tertiary/aromatic N) is 2. The van der Waals surface area contributed by atoms with Crippen LogP contribution in [0.1, 0.15) is 33.7 Å². The fourth-order valence-corrected chi connectivity index (χ4v) is 3.38. The van der Waals surface area contributed by atoms with E-state index in [9.17, 15) is 14.7 Å². The third-order valence-corrected chi connectivity index (χ3v) is 5.17. The molecule has 0 radical (unpaired) electrons. The molecule has 0 aliphatic heterocycles. The van der Waals surface area contributed by atoms with E-state index in [1.54, 1.807) is 24.3 Å². The Bertz CT molecular complexity index is 1080. The van der Waals surface area contributed by atoms with Crippen molar-refractivity contribution in [3.8, 4) is 11.4 Å². The molecule has 0 atom stereocenters. The highest BCUT2D eigenvalue weighted by Gasteiger charge is 2.16. The minimum absolute atomic E-state index is 0.0462. The molecule has 0 saturated carbocycles. The fraction of sp³-hybridized carbons (Fsp3) is 0.261. The third-order valence-electron chi connectivity index (χ3n) is 4.92. The number of carbonyl (C=O) groups excluding carboxylic acids is 2. The topological polar surface area (TPSA) is 96.3 Å². The predicted octanol–water partition coefficient (Wildman–Crippen LogP) is 3.33. The molecular weight excluding hydrogens is 416 g/mol. The number of hydrogen-bond acceptors (Lipinski definition) is 4. The first-order valence-electron chi connectivity index (χ1n) is 10.00. The standard InChI is InChI=1S/C23H25ClN4O3/c1-15-21(16(2)28(27-15)19-9-7-18(24)8-10-19)14-22(30)25-11-4-12-26-23(31)17-5-3-6-20(29)13-17/h3,5-10,13,29H,4,11-12,14H2,1-2H3,(H,25,30)(H,26,31). The van der Waals surface area contributed by atoms with Crippen molar-refractivity contribution >= 4 is 23.4 Å². The van der Waals surface area contributed by atoms with Gasteiger partial charge in [0.05, 0.1) is 17.8 Å². The molecule has 8 heteroatoms. The second kappa shape index (κ2) is 10.1. The molecule has 0 unspecified atom stereocenters. The van der Waals surface area contributed by atoms with Crippen LogP contribution in [-0.4, -0.2) is 39.8 Å². The Balaban J connectivity index is 1.47. The van der Waals surface area contributed by atoms with Crippen LogP contribution in [0, 0.1) is 13.8 Å². The summed E-state index contributed by atoms with van der Waals surface area (Å²) < 4.78 is 1.81. The Morgan fingerprint density at radius 3 is 2.48 bits per heavy atom. The second-order valence-corrected chi connectivity index (χ2v) is 7.66. The molecule has 0 bridgehead atoms. The second-order valence-electron chi connectivity index (χ2n) is 7.22. The van der Waals surface area contributed by atoms with Crippen molar-refractivity contribution in [1.29, 1.82) is 0 Å². The highest BCUT2D eigenvalue weighted by Crippen LogP contribution is 2.20. The van der Waals surface area contributed by atoms with Gasteiger partial charge >= 0.3 is 0 Å². The van der Waals surface area contributed by atoms with Gasteiger partial charge in [0.1, 0.15) is 5.75 Å². The highest BCUT2D eigenvalue weighted by molar-refractivity contribution is 6.30. The zero-order valence-electron chi connectivity index (χ0n) is 17.5. The van der Waals surface area contributed by atoms with Crippen LogP contribution in [0.5, 0.6) is 5.75 Å². The summed E-state index contributed by atoms with van der Waals surface area (Å²) in [5, 5.41) is 20.3. The van der Waals surface area contributed by atoms with Crippen LogP contribution in [0.2, 0.25) is 5.02 Å². The van der Waals surface area contributed by atoms with Crippen molar-refractivity contribution in [3.05, 3.63) is 76.1 Å². The molecule has 3 rings (SSSR count). The Morgan fingerprint density at radius 1 is 1.06 bits per heavy atom. The number of aromatic nitrogens is 2. The Hall–Kier alpha value is -3.32. The van der Waals surface area contributed by atoms with E-state index < -0.39 is 0 Å². The van der Waals surface area contributed by atoms with Crippen LogP contribution >= 0.6 is 11.6 Å². The average molecular weight is 441 g/mol. The summed E-state index contributed by atoms with van der Waals surface area (Å²) in [7, 11) is 0. The predicted molar refractivity (Wildman–Crippen MR) is 120 cm³/mol. The van der Waals surface area contributed by atoms with Gasteiger partial charge in [-0.3, -0.25) is 9.59 Å². The minimum Gasteiger partial charge on any atom is -0.508 e. The summed E-state index contributed by atoms with van der Waals surface area (Å²) in [6, 6.07) is 13.5. The summed E-state index contributed by atoms with van der Waals surface area (Å²) in [6.07, 6.45) is 0.833. The van der Waals surface area contributed by atoms with Gasteiger partial charge in [0.25, 0.3) is 5.91 Å². The summed E-state index contributed by atoms with van der Waals surface area (Å²) in [6.45, 7) is 4.69. The van der Waals surface area contributed by atoms with E-state index in [4.69, 9.17) is 11.6 Å². The molecule has 162 valence electrons. The van der Waals surface area contributed by atoms with Crippen molar-refractivity contribution in [2.75, 3.05) is 13.1 Å². The maximum Gasteiger partial charge on any atom is 0.251 e. The van der Waals surface area contributed by atoms with Crippen molar-refractivity contribution in [2.24, 2.45) is 0 Å². The Kier molecular flexibility index (Phi) is 7.31. The number of nitrogens with one attached hydrogen (secondary N) is 2. The first kappa shape index (κ1) is 22.4. The van der Waals surface area contributed by atoms with E-state index >= 15 is 0 Å². The summed E-state index contributed by atoms with van der Waals surface area (Å²) in [5.41, 5.74) is 3.89. The van der Waals surface area contributed by atoms with E-state index in [1.165, 1.54) is 12.1 Å². The van der Waals surface area contributed by atoms with E-state index in [-0.39, 0.29) is 24.0 Å². The van der Waals surface area contributed by atoms with Gasteiger partial charge in [-0.05, 0) is 62.7 Å². The van der Waals surface area contributed by atoms with Gasteiger partial charge in [-0.25, -0.2) is 4.68 Å². The normalized spacial score (nSPS) is 10.7. The van der Waals surface area contributed by atoms with Gasteiger partial charge in [-0.15, -0.1) is 0 Å². The lowest BCUT2D eigenvalue weighted by Gasteiger charge is -2.08. The largest absolute Gasteiger partial charge is 0.508 e. The molecule has 31 heavy (non-hydrogen) atoms. The Morgan fingerprint density at radius 2 is 1.77 bits per heavy atom. The summed E-state index contributed by atoms with van der Waals surface area (Å²) in [4.78, 5) is 24.4. The number of hydrogen-bond donors (Lipinski definition) is 3. The third kappa shape index (κ3) is 5.86. The van der Waals surface area contributed by atoms with Gasteiger partial charge in [-0.1, -0.05) is 17.7 Å². The molecule has 0 saturated heterocycles. The molecular formula is C23H25ClN4O3. The molecule has 0 fully saturated rings. The number of halogens is 1. The van der Waals surface area contributed by atoms with E-state index in [1.807, 2.05) is 30.7 Å². The number of phenolic OH excluding ortho intramolecular Hbond substituents is 1. The highest BCUT2D eigenvalue weighted by atomic mass is 35.5. The summed E-state index contributed by atoms with van der Waals surface area (Å²) in [5.74, 6) is -0.311. The molecule has 3 aromatic rings. The van der Waals surface area contributed by atoms with Crippen LogP contribution in [0.3, 0.4) is 0 Å². The van der Waals surface area contributed by atoms with Crippen molar-refractivity contribution in [3.63, 3.8) is 0 Å². The van der Waals surface area contributed by atoms with Crippen molar-refractivity contribution in [1.82, 2.24) is 20.4 Å². The first-order chi connectivity index (χ1) is 14.8. The van der Waals surface area contributed by atoms with Gasteiger partial charge in [0.2, 0.25) is 5.91 Å². The minimum atomic E-state index is -0.261. The number of phenols is 1. The molecule has 0 aliphatic carbocycles. The number of carbonyl (C=O) groups is 2. The van der Waals surface area contributed by atoms with Crippen LogP contribution in [-0.2, 0) is 11.2 Å². The van der Waals surface area contributed by atoms with Gasteiger partial charge < -0.3 is 15.7 Å². The van der Waals surface area contributed by atoms with Gasteiger partial charge in [0.15, 0.2) is 0 Å². The molecule has 2 amide bonds. The van der Waals surface area contributed by atoms with Crippen molar-refractivity contribution in [2.45, 2.75) is 26.7 Å². The SMILES string of the molecule is Cc1nn(-c2ccc(Cl)cc2)c(C)c1CC(=O)NCCCNC(=O)c1cccc(O)c1. The number of rotatable bonds is 8. The molecule has 3 N–H and O–H groups in total. The van der Waals surface area contributed by atoms with Crippen LogP contribution in [0.25, 0.3) is 5.69 Å². The monoisotopic (exact) mass is 440 g/mol. The van der Waals surface area contributed by atoms with E-state index in [0.717, 1.165) is 22.6 Å².